The molecule has 1 amide bonds. The predicted octanol–water partition coefficient (Wildman–Crippen LogP) is -0.979. The van der Waals surface area contributed by atoms with Gasteiger partial charge in [-0.15, -0.1) is 0 Å². The lowest BCUT2D eigenvalue weighted by Crippen LogP contribution is -2.42. The van der Waals surface area contributed by atoms with Gasteiger partial charge in [-0.05, 0) is 0 Å². The maximum atomic E-state index is 11.6. The lowest BCUT2D eigenvalue weighted by Gasteiger charge is -2.27. The fourth-order valence-corrected chi connectivity index (χ4v) is 1.40. The van der Waals surface area contributed by atoms with E-state index in [0.29, 0.717) is 26.3 Å². The van der Waals surface area contributed by atoms with Crippen LogP contribution in [0, 0.1) is 5.92 Å². The molecule has 0 bridgehead atoms. The monoisotopic (exact) mass is 231 g/mol. The number of nitrogens with zero attached hydrogens (tertiary/aromatic N) is 1. The zero-order valence-electron chi connectivity index (χ0n) is 8.59. The van der Waals surface area contributed by atoms with Gasteiger partial charge in [0, 0.05) is 13.1 Å². The first-order valence-electron chi connectivity index (χ1n) is 4.83. The molecule has 0 aromatic rings. The number of carbonyl (C=O) groups excluding carboxylic acids is 1. The van der Waals surface area contributed by atoms with Crippen LogP contribution in [0.25, 0.3) is 0 Å². The number of amides is 1. The molecule has 1 saturated heterocycles. The molecule has 7 nitrogen and oxygen atoms in total. The van der Waals surface area contributed by atoms with Crippen molar-refractivity contribution in [2.75, 3.05) is 26.3 Å². The van der Waals surface area contributed by atoms with Crippen molar-refractivity contribution in [3.8, 4) is 0 Å². The number of carbonyl (C=O) groups is 3. The van der Waals surface area contributed by atoms with Crippen LogP contribution in [-0.2, 0) is 19.1 Å². The smallest absolute Gasteiger partial charge is 0.318 e. The molecule has 1 heterocycles. The molecule has 1 aliphatic rings. The molecule has 0 radical (unpaired) electrons. The highest BCUT2D eigenvalue weighted by Gasteiger charge is 2.30. The van der Waals surface area contributed by atoms with E-state index in [2.05, 4.69) is 0 Å². The Kier molecular flexibility index (Phi) is 4.24. The Labute approximate surface area is 91.6 Å². The summed E-state index contributed by atoms with van der Waals surface area (Å²) in [6, 6.07) is 0. The number of hydrogen-bond acceptors (Lipinski definition) is 4. The first kappa shape index (κ1) is 12.4. The second-order valence-electron chi connectivity index (χ2n) is 3.43. The molecule has 7 heteroatoms. The molecule has 0 atom stereocenters. The molecule has 1 rings (SSSR count). The van der Waals surface area contributed by atoms with Crippen molar-refractivity contribution in [2.24, 2.45) is 5.92 Å². The molecule has 2 N–H and O–H groups in total. The van der Waals surface area contributed by atoms with Gasteiger partial charge in [0.15, 0.2) is 5.92 Å². The third-order valence-corrected chi connectivity index (χ3v) is 2.34. The van der Waals surface area contributed by atoms with Gasteiger partial charge in [-0.1, -0.05) is 0 Å². The number of hydrogen-bond donors (Lipinski definition) is 2. The van der Waals surface area contributed by atoms with Gasteiger partial charge in [0.05, 0.1) is 19.6 Å². The van der Waals surface area contributed by atoms with E-state index in [-0.39, 0.29) is 0 Å². The minimum atomic E-state index is -1.67. The fourth-order valence-electron chi connectivity index (χ4n) is 1.40. The Balaban J connectivity index is 2.53. The van der Waals surface area contributed by atoms with Gasteiger partial charge in [-0.3, -0.25) is 14.4 Å². The van der Waals surface area contributed by atoms with Crippen LogP contribution in [0.4, 0.5) is 0 Å². The topological polar surface area (TPSA) is 104 Å². The third kappa shape index (κ3) is 3.20. The standard InChI is InChI=1S/C9H13NO6/c11-7(10-1-3-16-4-2-10)5-6(8(12)13)9(14)15/h6H,1-5H2,(H,12,13)(H,14,15). The summed E-state index contributed by atoms with van der Waals surface area (Å²) < 4.78 is 5.02. The highest BCUT2D eigenvalue weighted by molar-refractivity contribution is 5.97. The van der Waals surface area contributed by atoms with Crippen molar-refractivity contribution in [1.82, 2.24) is 4.90 Å². The van der Waals surface area contributed by atoms with Crippen molar-refractivity contribution >= 4 is 17.8 Å². The quantitative estimate of drug-likeness (QED) is 0.603. The maximum Gasteiger partial charge on any atom is 0.318 e. The third-order valence-electron chi connectivity index (χ3n) is 2.34. The van der Waals surface area contributed by atoms with Crippen molar-refractivity contribution in [3.63, 3.8) is 0 Å². The van der Waals surface area contributed by atoms with Gasteiger partial charge in [-0.2, -0.15) is 0 Å². The molecular formula is C9H13NO6. The largest absolute Gasteiger partial charge is 0.481 e. The molecule has 0 unspecified atom stereocenters. The number of carboxylic acids is 2. The Morgan fingerprint density at radius 1 is 1.12 bits per heavy atom. The molecule has 1 aliphatic heterocycles. The van der Waals surface area contributed by atoms with Gasteiger partial charge in [0.2, 0.25) is 5.91 Å². The van der Waals surface area contributed by atoms with Gasteiger partial charge in [0.25, 0.3) is 0 Å². The van der Waals surface area contributed by atoms with E-state index >= 15 is 0 Å². The van der Waals surface area contributed by atoms with Crippen LogP contribution < -0.4 is 0 Å². The molecular weight excluding hydrogens is 218 g/mol. The summed E-state index contributed by atoms with van der Waals surface area (Å²) in [6.07, 6.45) is -0.509. The lowest BCUT2D eigenvalue weighted by molar-refractivity contribution is -0.158. The van der Waals surface area contributed by atoms with Crippen LogP contribution >= 0.6 is 0 Å². The minimum Gasteiger partial charge on any atom is -0.481 e. The van der Waals surface area contributed by atoms with Gasteiger partial charge in [0.1, 0.15) is 0 Å². The zero-order chi connectivity index (χ0) is 12.1. The summed E-state index contributed by atoms with van der Waals surface area (Å²) in [6.45, 7) is 1.56. The van der Waals surface area contributed by atoms with E-state index in [4.69, 9.17) is 14.9 Å². The Morgan fingerprint density at radius 2 is 1.62 bits per heavy atom. The molecule has 0 spiro atoms. The summed E-state index contributed by atoms with van der Waals surface area (Å²) in [4.78, 5) is 34.1. The molecule has 16 heavy (non-hydrogen) atoms. The van der Waals surface area contributed by atoms with E-state index in [9.17, 15) is 14.4 Å². The summed E-state index contributed by atoms with van der Waals surface area (Å²) in [5.74, 6) is -5.11. The SMILES string of the molecule is O=C(O)C(CC(=O)N1CCOCC1)C(=O)O. The number of carboxylic acid groups (broad SMARTS) is 2. The Hall–Kier alpha value is -1.63. The highest BCUT2D eigenvalue weighted by Crippen LogP contribution is 2.08. The van der Waals surface area contributed by atoms with Gasteiger partial charge in [-0.25, -0.2) is 0 Å². The van der Waals surface area contributed by atoms with Crippen molar-refractivity contribution in [2.45, 2.75) is 6.42 Å². The van der Waals surface area contributed by atoms with E-state index < -0.39 is 30.2 Å². The van der Waals surface area contributed by atoms with Crippen LogP contribution in [0.1, 0.15) is 6.42 Å². The van der Waals surface area contributed by atoms with E-state index in [1.54, 1.807) is 0 Å². The Bertz CT molecular complexity index is 282. The van der Waals surface area contributed by atoms with Crippen LogP contribution in [0.3, 0.4) is 0 Å². The number of aliphatic carboxylic acids is 2. The predicted molar refractivity (Wildman–Crippen MR) is 50.8 cm³/mol. The van der Waals surface area contributed by atoms with E-state index in [1.807, 2.05) is 0 Å². The first-order chi connectivity index (χ1) is 7.52. The molecule has 90 valence electrons. The molecule has 1 fully saturated rings. The zero-order valence-corrected chi connectivity index (χ0v) is 8.59. The second kappa shape index (κ2) is 5.45. The summed E-state index contributed by atoms with van der Waals surface area (Å²) in [7, 11) is 0. The van der Waals surface area contributed by atoms with Crippen LogP contribution in [0.15, 0.2) is 0 Å². The summed E-state index contributed by atoms with van der Waals surface area (Å²) in [5, 5.41) is 17.2. The number of rotatable bonds is 4. The molecule has 0 aromatic carbocycles. The lowest BCUT2D eigenvalue weighted by atomic mass is 10.1. The average molecular weight is 231 g/mol. The maximum absolute atomic E-state index is 11.6. The van der Waals surface area contributed by atoms with Crippen LogP contribution in [0.2, 0.25) is 0 Å². The Morgan fingerprint density at radius 3 is 2.06 bits per heavy atom. The average Bonchev–Trinajstić information content (AvgIpc) is 2.25. The summed E-state index contributed by atoms with van der Waals surface area (Å²) in [5.41, 5.74) is 0. The van der Waals surface area contributed by atoms with E-state index in [1.165, 1.54) is 4.90 Å². The summed E-state index contributed by atoms with van der Waals surface area (Å²) >= 11 is 0. The number of morpholine rings is 1. The van der Waals surface area contributed by atoms with Gasteiger partial charge >= 0.3 is 11.9 Å². The van der Waals surface area contributed by atoms with E-state index in [0.717, 1.165) is 0 Å². The van der Waals surface area contributed by atoms with Crippen LogP contribution in [-0.4, -0.2) is 59.3 Å². The first-order valence-corrected chi connectivity index (χ1v) is 4.83. The second-order valence-corrected chi connectivity index (χ2v) is 3.43. The van der Waals surface area contributed by atoms with Crippen LogP contribution in [0.5, 0.6) is 0 Å². The van der Waals surface area contributed by atoms with Crippen molar-refractivity contribution in [3.05, 3.63) is 0 Å². The van der Waals surface area contributed by atoms with Crippen molar-refractivity contribution in [1.29, 1.82) is 0 Å². The fraction of sp³-hybridized carbons (Fsp3) is 0.667. The molecule has 0 aliphatic carbocycles. The molecule has 0 aromatic heterocycles. The van der Waals surface area contributed by atoms with Crippen molar-refractivity contribution < 1.29 is 29.3 Å². The van der Waals surface area contributed by atoms with Gasteiger partial charge < -0.3 is 19.8 Å². The molecule has 0 saturated carbocycles. The number of ether oxygens (including phenoxy) is 1. The normalized spacial score (nSPS) is 16.2. The minimum absolute atomic E-state index is 0.380. The highest BCUT2D eigenvalue weighted by atomic mass is 16.5.